The van der Waals surface area contributed by atoms with Crippen LogP contribution in [0.2, 0.25) is 0 Å². The van der Waals surface area contributed by atoms with Gasteiger partial charge in [0.25, 0.3) is 0 Å². The lowest BCUT2D eigenvalue weighted by atomic mass is 10.0. The van der Waals surface area contributed by atoms with Gasteiger partial charge in [-0.25, -0.2) is 0 Å². The van der Waals surface area contributed by atoms with Crippen LogP contribution < -0.4 is 14.8 Å². The Balaban J connectivity index is 1.48. The molecule has 2 aromatic rings. The van der Waals surface area contributed by atoms with Crippen LogP contribution >= 0.6 is 0 Å². The van der Waals surface area contributed by atoms with Crippen molar-refractivity contribution >= 4 is 12.0 Å². The molecule has 1 amide bonds. The summed E-state index contributed by atoms with van der Waals surface area (Å²) in [6, 6.07) is 14.4. The van der Waals surface area contributed by atoms with Crippen molar-refractivity contribution in [2.75, 3.05) is 27.3 Å². The summed E-state index contributed by atoms with van der Waals surface area (Å²) in [5.74, 6) is 1.33. The van der Waals surface area contributed by atoms with Crippen LogP contribution in [0.4, 0.5) is 0 Å². The molecule has 1 saturated heterocycles. The van der Waals surface area contributed by atoms with Crippen molar-refractivity contribution in [1.82, 2.24) is 10.2 Å². The predicted molar refractivity (Wildman–Crippen MR) is 116 cm³/mol. The van der Waals surface area contributed by atoms with Crippen LogP contribution in [0.3, 0.4) is 0 Å². The van der Waals surface area contributed by atoms with Gasteiger partial charge in [-0.3, -0.25) is 9.69 Å². The smallest absolute Gasteiger partial charge is 0.244 e. The third-order valence-corrected chi connectivity index (χ3v) is 5.22. The van der Waals surface area contributed by atoms with E-state index in [1.54, 1.807) is 26.4 Å². The molecule has 1 N–H and O–H groups in total. The van der Waals surface area contributed by atoms with Gasteiger partial charge in [0, 0.05) is 37.8 Å². The number of hydrogen-bond donors (Lipinski definition) is 1. The Morgan fingerprint density at radius 1 is 1.10 bits per heavy atom. The maximum Gasteiger partial charge on any atom is 0.244 e. The highest BCUT2D eigenvalue weighted by molar-refractivity contribution is 5.92. The molecule has 1 heterocycles. The van der Waals surface area contributed by atoms with Crippen LogP contribution in [0.25, 0.3) is 6.08 Å². The number of hydrogen-bond acceptors (Lipinski definition) is 4. The molecular formula is C24H30N2O3. The molecule has 0 spiro atoms. The minimum Gasteiger partial charge on any atom is -0.497 e. The second-order valence-electron chi connectivity index (χ2n) is 7.53. The Bertz CT molecular complexity index is 833. The molecule has 0 radical (unpaired) electrons. The number of carbonyl (C=O) groups is 1. The number of ether oxygens (including phenoxy) is 2. The molecule has 154 valence electrons. The normalized spacial score (nSPS) is 15.4. The number of amides is 1. The molecule has 0 unspecified atom stereocenters. The molecule has 0 saturated carbocycles. The Morgan fingerprint density at radius 3 is 2.41 bits per heavy atom. The van der Waals surface area contributed by atoms with Gasteiger partial charge in [0.15, 0.2) is 0 Å². The fourth-order valence-electron chi connectivity index (χ4n) is 3.65. The fraction of sp³-hybridized carbons (Fsp3) is 0.375. The number of aryl methyl sites for hydroxylation is 1. The van der Waals surface area contributed by atoms with Crippen molar-refractivity contribution in [2.24, 2.45) is 0 Å². The Hall–Kier alpha value is -2.79. The summed E-state index contributed by atoms with van der Waals surface area (Å²) in [4.78, 5) is 14.8. The van der Waals surface area contributed by atoms with Crippen LogP contribution in [-0.4, -0.2) is 44.2 Å². The zero-order valence-corrected chi connectivity index (χ0v) is 17.5. The molecule has 2 aromatic carbocycles. The summed E-state index contributed by atoms with van der Waals surface area (Å²) in [5.41, 5.74) is 3.51. The van der Waals surface area contributed by atoms with Crippen molar-refractivity contribution in [3.8, 4) is 11.5 Å². The van der Waals surface area contributed by atoms with Crippen LogP contribution in [0, 0.1) is 6.92 Å². The summed E-state index contributed by atoms with van der Waals surface area (Å²) >= 11 is 0. The van der Waals surface area contributed by atoms with Crippen molar-refractivity contribution in [2.45, 2.75) is 32.4 Å². The fourth-order valence-corrected chi connectivity index (χ4v) is 3.65. The largest absolute Gasteiger partial charge is 0.497 e. The number of methoxy groups -OCH3 is 2. The van der Waals surface area contributed by atoms with Gasteiger partial charge in [-0.15, -0.1) is 0 Å². The second-order valence-corrected chi connectivity index (χ2v) is 7.53. The average molecular weight is 395 g/mol. The molecule has 0 atom stereocenters. The first kappa shape index (κ1) is 20.9. The molecule has 5 heteroatoms. The lowest BCUT2D eigenvalue weighted by Gasteiger charge is -2.32. The monoisotopic (exact) mass is 394 g/mol. The molecule has 1 fully saturated rings. The van der Waals surface area contributed by atoms with Crippen LogP contribution in [-0.2, 0) is 11.3 Å². The van der Waals surface area contributed by atoms with E-state index in [0.717, 1.165) is 38.0 Å². The van der Waals surface area contributed by atoms with Crippen molar-refractivity contribution in [3.63, 3.8) is 0 Å². The van der Waals surface area contributed by atoms with Gasteiger partial charge in [0.1, 0.15) is 11.5 Å². The Morgan fingerprint density at radius 2 is 1.79 bits per heavy atom. The van der Waals surface area contributed by atoms with E-state index in [0.29, 0.717) is 11.5 Å². The molecule has 0 aliphatic carbocycles. The lowest BCUT2D eigenvalue weighted by Crippen LogP contribution is -2.43. The highest BCUT2D eigenvalue weighted by Crippen LogP contribution is 2.23. The van der Waals surface area contributed by atoms with Gasteiger partial charge in [-0.1, -0.05) is 29.8 Å². The topological polar surface area (TPSA) is 50.8 Å². The highest BCUT2D eigenvalue weighted by Gasteiger charge is 2.20. The first-order valence-electron chi connectivity index (χ1n) is 10.1. The van der Waals surface area contributed by atoms with E-state index in [2.05, 4.69) is 41.4 Å². The van der Waals surface area contributed by atoms with E-state index in [1.807, 2.05) is 18.2 Å². The zero-order chi connectivity index (χ0) is 20.6. The van der Waals surface area contributed by atoms with Crippen molar-refractivity contribution < 1.29 is 14.3 Å². The molecule has 5 nitrogen and oxygen atoms in total. The first-order valence-corrected chi connectivity index (χ1v) is 10.1. The molecular weight excluding hydrogens is 364 g/mol. The van der Waals surface area contributed by atoms with Gasteiger partial charge < -0.3 is 14.8 Å². The van der Waals surface area contributed by atoms with Crippen LogP contribution in [0.5, 0.6) is 11.5 Å². The lowest BCUT2D eigenvalue weighted by molar-refractivity contribution is -0.117. The standard InChI is InChI=1S/C24H30N2O3/c1-18-5-4-6-20(13-18)17-26-11-9-21(10-12-26)25-24(27)8-7-19-14-22(28-2)16-23(15-19)29-3/h4-8,13-16,21H,9-12,17H2,1-3H3,(H,25,27). The van der Waals surface area contributed by atoms with Crippen LogP contribution in [0.1, 0.15) is 29.5 Å². The summed E-state index contributed by atoms with van der Waals surface area (Å²) < 4.78 is 10.5. The Kier molecular flexibility index (Phi) is 7.30. The molecule has 3 rings (SSSR count). The summed E-state index contributed by atoms with van der Waals surface area (Å²) in [7, 11) is 3.22. The number of nitrogens with zero attached hydrogens (tertiary/aromatic N) is 1. The minimum atomic E-state index is -0.0658. The predicted octanol–water partition coefficient (Wildman–Crippen LogP) is 3.81. The average Bonchev–Trinajstić information content (AvgIpc) is 2.73. The van der Waals surface area contributed by atoms with E-state index in [1.165, 1.54) is 11.1 Å². The van der Waals surface area contributed by atoms with E-state index < -0.39 is 0 Å². The molecule has 0 bridgehead atoms. The summed E-state index contributed by atoms with van der Waals surface area (Å²) in [5, 5.41) is 3.12. The van der Waals surface area contributed by atoms with Crippen LogP contribution in [0.15, 0.2) is 48.5 Å². The summed E-state index contributed by atoms with van der Waals surface area (Å²) in [6.07, 6.45) is 5.30. The number of rotatable bonds is 7. The van der Waals surface area contributed by atoms with E-state index >= 15 is 0 Å². The van der Waals surface area contributed by atoms with Gasteiger partial charge in [0.05, 0.1) is 14.2 Å². The quantitative estimate of drug-likeness (QED) is 0.726. The zero-order valence-electron chi connectivity index (χ0n) is 17.5. The number of likely N-dealkylation sites (tertiary alicyclic amines) is 1. The van der Waals surface area contributed by atoms with E-state index in [9.17, 15) is 4.79 Å². The third-order valence-electron chi connectivity index (χ3n) is 5.22. The number of piperidine rings is 1. The molecule has 0 aromatic heterocycles. The third kappa shape index (κ3) is 6.36. The minimum absolute atomic E-state index is 0.0658. The SMILES string of the molecule is COc1cc(C=CC(=O)NC2CCN(Cc3cccc(C)c3)CC2)cc(OC)c1. The van der Waals surface area contributed by atoms with Crippen molar-refractivity contribution in [3.05, 3.63) is 65.2 Å². The van der Waals surface area contributed by atoms with E-state index in [4.69, 9.17) is 9.47 Å². The molecule has 1 aliphatic rings. The molecule has 1 aliphatic heterocycles. The van der Waals surface area contributed by atoms with Gasteiger partial charge >= 0.3 is 0 Å². The second kappa shape index (κ2) is 10.1. The first-order chi connectivity index (χ1) is 14.1. The number of nitrogens with one attached hydrogen (secondary N) is 1. The maximum atomic E-state index is 12.3. The molecule has 29 heavy (non-hydrogen) atoms. The van der Waals surface area contributed by atoms with Crippen molar-refractivity contribution in [1.29, 1.82) is 0 Å². The maximum absolute atomic E-state index is 12.3. The van der Waals surface area contributed by atoms with Gasteiger partial charge in [-0.2, -0.15) is 0 Å². The number of carbonyl (C=O) groups excluding carboxylic acids is 1. The Labute approximate surface area is 173 Å². The van der Waals surface area contributed by atoms with Gasteiger partial charge in [-0.05, 0) is 49.1 Å². The highest BCUT2D eigenvalue weighted by atomic mass is 16.5. The van der Waals surface area contributed by atoms with E-state index in [-0.39, 0.29) is 11.9 Å². The summed E-state index contributed by atoms with van der Waals surface area (Å²) in [6.45, 7) is 5.09. The van der Waals surface area contributed by atoms with Gasteiger partial charge in [0.2, 0.25) is 5.91 Å². The number of benzene rings is 2.